The van der Waals surface area contributed by atoms with Crippen molar-refractivity contribution < 1.29 is 4.74 Å². The van der Waals surface area contributed by atoms with Crippen molar-refractivity contribution in [2.24, 2.45) is 0 Å². The summed E-state index contributed by atoms with van der Waals surface area (Å²) in [5.41, 5.74) is 9.60. The maximum atomic E-state index is 6.80. The monoisotopic (exact) mass is 546 g/mol. The number of ether oxygens (including phenoxy) is 1. The lowest BCUT2D eigenvalue weighted by atomic mass is 9.84. The van der Waals surface area contributed by atoms with E-state index in [2.05, 4.69) is 158 Å². The van der Waals surface area contributed by atoms with Crippen LogP contribution in [0.25, 0.3) is 76.8 Å². The molecule has 1 heteroatoms. The van der Waals surface area contributed by atoms with Gasteiger partial charge in [-0.3, -0.25) is 0 Å². The number of fused-ring (bicyclic) bond motifs is 4. The maximum absolute atomic E-state index is 6.80. The molecule has 0 radical (unpaired) electrons. The highest BCUT2D eigenvalue weighted by atomic mass is 16.5. The molecule has 1 aliphatic rings. The summed E-state index contributed by atoms with van der Waals surface area (Å²) in [4.78, 5) is 0. The van der Waals surface area contributed by atoms with Crippen LogP contribution in [-0.4, -0.2) is 0 Å². The molecule has 8 aromatic carbocycles. The van der Waals surface area contributed by atoms with Crippen molar-refractivity contribution in [3.8, 4) is 56.0 Å². The summed E-state index contributed by atoms with van der Waals surface area (Å²) < 4.78 is 6.80. The van der Waals surface area contributed by atoms with Gasteiger partial charge >= 0.3 is 0 Å². The summed E-state index contributed by atoms with van der Waals surface area (Å²) in [6, 6.07) is 56.6. The average Bonchev–Trinajstić information content (AvgIpc) is 3.08. The third kappa shape index (κ3) is 3.65. The highest BCUT2D eigenvalue weighted by molar-refractivity contribution is 6.22. The van der Waals surface area contributed by atoms with Gasteiger partial charge in [0.2, 0.25) is 0 Å². The van der Waals surface area contributed by atoms with E-state index in [1.165, 1.54) is 65.7 Å². The van der Waals surface area contributed by atoms with Gasteiger partial charge in [0.1, 0.15) is 11.5 Å². The largest absolute Gasteiger partial charge is 0.455 e. The van der Waals surface area contributed by atoms with Crippen LogP contribution in [0.5, 0.6) is 11.5 Å². The predicted molar refractivity (Wildman–Crippen MR) is 181 cm³/mol. The molecule has 8 aromatic rings. The number of rotatable bonds is 3. The van der Waals surface area contributed by atoms with Crippen molar-refractivity contribution >= 4 is 32.3 Å². The Morgan fingerprint density at radius 1 is 0.326 bits per heavy atom. The number of para-hydroxylation sites is 1. The van der Waals surface area contributed by atoms with Crippen LogP contribution < -0.4 is 4.74 Å². The van der Waals surface area contributed by atoms with E-state index in [1.54, 1.807) is 0 Å². The van der Waals surface area contributed by atoms with E-state index in [0.29, 0.717) is 0 Å². The lowest BCUT2D eigenvalue weighted by Crippen LogP contribution is -2.00. The standard InChI is InChI=1S/C42H26O/c1-2-11-27(12-3-1)28-23-25-30(26-24-28)39-31-15-4-6-17-33(31)41(34-18-7-5-16-32(34)39)37-21-10-20-36-35-19-8-13-29-14-9-22-38(40(29)35)43-42(36)37/h1-26H. The third-order valence-corrected chi connectivity index (χ3v) is 8.87. The van der Waals surface area contributed by atoms with Gasteiger partial charge in [-0.2, -0.15) is 0 Å². The van der Waals surface area contributed by atoms with Crippen molar-refractivity contribution in [3.63, 3.8) is 0 Å². The van der Waals surface area contributed by atoms with E-state index >= 15 is 0 Å². The van der Waals surface area contributed by atoms with Gasteiger partial charge in [0.15, 0.2) is 0 Å². The normalized spacial score (nSPS) is 11.9. The Bertz CT molecular complexity index is 2290. The summed E-state index contributed by atoms with van der Waals surface area (Å²) in [6.45, 7) is 0. The van der Waals surface area contributed by atoms with Crippen LogP contribution in [0, 0.1) is 0 Å². The maximum Gasteiger partial charge on any atom is 0.143 e. The first-order chi connectivity index (χ1) is 21.3. The van der Waals surface area contributed by atoms with E-state index in [9.17, 15) is 0 Å². The minimum atomic E-state index is 0.914. The molecule has 0 N–H and O–H groups in total. The number of hydrogen-bond acceptors (Lipinski definition) is 1. The van der Waals surface area contributed by atoms with Crippen LogP contribution in [0.15, 0.2) is 158 Å². The van der Waals surface area contributed by atoms with Crippen LogP contribution in [-0.2, 0) is 0 Å². The molecule has 0 saturated heterocycles. The van der Waals surface area contributed by atoms with Gasteiger partial charge < -0.3 is 4.74 Å². The quantitative estimate of drug-likeness (QED) is 0.200. The van der Waals surface area contributed by atoms with E-state index in [4.69, 9.17) is 4.74 Å². The van der Waals surface area contributed by atoms with Gasteiger partial charge in [0.05, 0.1) is 0 Å². The van der Waals surface area contributed by atoms with Crippen molar-refractivity contribution in [2.45, 2.75) is 0 Å². The molecule has 0 aromatic heterocycles. The fourth-order valence-corrected chi connectivity index (χ4v) is 6.97. The second-order valence-corrected chi connectivity index (χ2v) is 11.2. The topological polar surface area (TPSA) is 9.23 Å². The fraction of sp³-hybridized carbons (Fsp3) is 0. The Morgan fingerprint density at radius 3 is 1.53 bits per heavy atom. The Kier molecular flexibility index (Phi) is 5.27. The van der Waals surface area contributed by atoms with Crippen molar-refractivity contribution in [1.82, 2.24) is 0 Å². The van der Waals surface area contributed by atoms with Crippen LogP contribution in [0.4, 0.5) is 0 Å². The molecule has 1 heterocycles. The third-order valence-electron chi connectivity index (χ3n) is 8.87. The smallest absolute Gasteiger partial charge is 0.143 e. The zero-order valence-corrected chi connectivity index (χ0v) is 23.4. The van der Waals surface area contributed by atoms with Gasteiger partial charge in [-0.25, -0.2) is 0 Å². The minimum absolute atomic E-state index is 0.914. The first kappa shape index (κ1) is 24.0. The van der Waals surface area contributed by atoms with Crippen LogP contribution >= 0.6 is 0 Å². The summed E-state index contributed by atoms with van der Waals surface area (Å²) in [7, 11) is 0. The average molecular weight is 547 g/mol. The zero-order valence-electron chi connectivity index (χ0n) is 23.4. The Hall–Kier alpha value is -5.66. The van der Waals surface area contributed by atoms with Crippen LogP contribution in [0.1, 0.15) is 0 Å². The van der Waals surface area contributed by atoms with Crippen LogP contribution in [0.3, 0.4) is 0 Å². The summed E-state index contributed by atoms with van der Waals surface area (Å²) in [6.07, 6.45) is 0. The molecule has 200 valence electrons. The molecular weight excluding hydrogens is 520 g/mol. The van der Waals surface area contributed by atoms with Gasteiger partial charge in [0.25, 0.3) is 0 Å². The van der Waals surface area contributed by atoms with Gasteiger partial charge in [0, 0.05) is 22.1 Å². The highest BCUT2D eigenvalue weighted by Crippen LogP contribution is 2.53. The van der Waals surface area contributed by atoms with Crippen molar-refractivity contribution in [2.75, 3.05) is 0 Å². The molecule has 0 spiro atoms. The van der Waals surface area contributed by atoms with Gasteiger partial charge in [-0.15, -0.1) is 0 Å². The molecule has 0 fully saturated rings. The summed E-state index contributed by atoms with van der Waals surface area (Å²) in [5, 5.41) is 7.29. The molecule has 0 aliphatic carbocycles. The second-order valence-electron chi connectivity index (χ2n) is 11.2. The molecule has 0 unspecified atom stereocenters. The number of benzene rings is 8. The summed E-state index contributed by atoms with van der Waals surface area (Å²) in [5.74, 6) is 1.83. The van der Waals surface area contributed by atoms with E-state index < -0.39 is 0 Å². The minimum Gasteiger partial charge on any atom is -0.455 e. The zero-order chi connectivity index (χ0) is 28.3. The SMILES string of the molecule is c1ccc(-c2ccc(-c3c4ccccc4c(-c4cccc5c4Oc4cccc6cccc-5c46)c4ccccc34)cc2)cc1. The van der Waals surface area contributed by atoms with E-state index in [-0.39, 0.29) is 0 Å². The number of hydrogen-bond donors (Lipinski definition) is 0. The lowest BCUT2D eigenvalue weighted by molar-refractivity contribution is 0.489. The van der Waals surface area contributed by atoms with Crippen LogP contribution in [0.2, 0.25) is 0 Å². The Labute approximate surface area is 250 Å². The van der Waals surface area contributed by atoms with Crippen molar-refractivity contribution in [3.05, 3.63) is 158 Å². The molecule has 43 heavy (non-hydrogen) atoms. The Balaban J connectivity index is 1.32. The molecule has 0 atom stereocenters. The van der Waals surface area contributed by atoms with E-state index in [0.717, 1.165) is 22.6 Å². The molecule has 0 saturated carbocycles. The predicted octanol–water partition coefficient (Wildman–Crippen LogP) is 11.9. The molecular formula is C42H26O. The molecule has 0 amide bonds. The molecule has 9 rings (SSSR count). The molecule has 1 aliphatic heterocycles. The van der Waals surface area contributed by atoms with Gasteiger partial charge in [-0.05, 0) is 60.8 Å². The van der Waals surface area contributed by atoms with Gasteiger partial charge in [-0.1, -0.05) is 152 Å². The first-order valence-corrected chi connectivity index (χ1v) is 14.8. The lowest BCUT2D eigenvalue weighted by Gasteiger charge is -2.25. The van der Waals surface area contributed by atoms with Crippen molar-refractivity contribution in [1.29, 1.82) is 0 Å². The first-order valence-electron chi connectivity index (χ1n) is 14.8. The molecule has 0 bridgehead atoms. The fourth-order valence-electron chi connectivity index (χ4n) is 6.97. The molecule has 1 nitrogen and oxygen atoms in total. The highest BCUT2D eigenvalue weighted by Gasteiger charge is 2.25. The Morgan fingerprint density at radius 2 is 0.837 bits per heavy atom. The van der Waals surface area contributed by atoms with E-state index in [1.807, 2.05) is 0 Å². The summed E-state index contributed by atoms with van der Waals surface area (Å²) >= 11 is 0. The second kappa shape index (κ2) is 9.44.